The molecule has 0 saturated heterocycles. The van der Waals surface area contributed by atoms with Gasteiger partial charge in [0.15, 0.2) is 5.11 Å². The van der Waals surface area contributed by atoms with Crippen LogP contribution < -0.4 is 10.6 Å². The lowest BCUT2D eigenvalue weighted by molar-refractivity contribution is 0.624. The number of rotatable bonds is 4. The van der Waals surface area contributed by atoms with Crippen LogP contribution in [0.5, 0.6) is 0 Å². The summed E-state index contributed by atoms with van der Waals surface area (Å²) in [5, 5.41) is 6.52. The zero-order valence-corrected chi connectivity index (χ0v) is 12.1. The number of halogens is 1. The van der Waals surface area contributed by atoms with Crippen LogP contribution >= 0.6 is 12.2 Å². The van der Waals surface area contributed by atoms with Crippen LogP contribution in [0.1, 0.15) is 24.9 Å². The number of hydrogen-bond donors (Lipinski definition) is 2. The minimum absolute atomic E-state index is 0.114. The Bertz CT molecular complexity index is 572. The molecule has 1 atom stereocenters. The lowest BCUT2D eigenvalue weighted by Gasteiger charge is -2.20. The standard InChI is InChI=1S/C16H17FN2S/c1-2-14(12-8-4-3-5-9-12)18-16(20)19-15-11-7-6-10-13(15)17/h3-11,14H,2H2,1H3,(H2,18,19,20)/t14-/m0/s1. The summed E-state index contributed by atoms with van der Waals surface area (Å²) in [5.41, 5.74) is 1.54. The van der Waals surface area contributed by atoms with Gasteiger partial charge in [0.2, 0.25) is 0 Å². The second-order valence-corrected chi connectivity index (χ2v) is 4.86. The molecule has 2 nitrogen and oxygen atoms in total. The van der Waals surface area contributed by atoms with Crippen LogP contribution in [0.4, 0.5) is 10.1 Å². The number of benzene rings is 2. The largest absolute Gasteiger partial charge is 0.356 e. The van der Waals surface area contributed by atoms with Gasteiger partial charge in [0, 0.05) is 0 Å². The average molecular weight is 288 g/mol. The SMILES string of the molecule is CC[C@H](NC(=S)Nc1ccccc1F)c1ccccc1. The molecule has 0 fully saturated rings. The Morgan fingerprint density at radius 2 is 1.75 bits per heavy atom. The topological polar surface area (TPSA) is 24.1 Å². The number of nitrogens with one attached hydrogen (secondary N) is 2. The fourth-order valence-corrected chi connectivity index (χ4v) is 2.24. The van der Waals surface area contributed by atoms with Crippen LogP contribution in [-0.4, -0.2) is 5.11 Å². The van der Waals surface area contributed by atoms with Crippen molar-refractivity contribution < 1.29 is 4.39 Å². The highest BCUT2D eigenvalue weighted by atomic mass is 32.1. The van der Waals surface area contributed by atoms with E-state index in [0.29, 0.717) is 10.8 Å². The van der Waals surface area contributed by atoms with Gasteiger partial charge >= 0.3 is 0 Å². The summed E-state index contributed by atoms with van der Waals surface area (Å²) >= 11 is 5.25. The number of para-hydroxylation sites is 1. The third-order valence-corrected chi connectivity index (χ3v) is 3.26. The van der Waals surface area contributed by atoms with E-state index in [0.717, 1.165) is 12.0 Å². The van der Waals surface area contributed by atoms with Gasteiger partial charge in [-0.2, -0.15) is 0 Å². The van der Waals surface area contributed by atoms with Crippen molar-refractivity contribution in [1.29, 1.82) is 0 Å². The molecule has 0 amide bonds. The molecule has 0 saturated carbocycles. The van der Waals surface area contributed by atoms with Crippen LogP contribution in [0.15, 0.2) is 54.6 Å². The second kappa shape index (κ2) is 7.01. The molecular weight excluding hydrogens is 271 g/mol. The third-order valence-electron chi connectivity index (χ3n) is 3.04. The summed E-state index contributed by atoms with van der Waals surface area (Å²) in [6.07, 6.45) is 0.892. The zero-order valence-electron chi connectivity index (χ0n) is 11.3. The number of hydrogen-bond acceptors (Lipinski definition) is 1. The maximum atomic E-state index is 13.5. The molecule has 0 spiro atoms. The average Bonchev–Trinajstić information content (AvgIpc) is 2.48. The first-order chi connectivity index (χ1) is 9.70. The van der Waals surface area contributed by atoms with Gasteiger partial charge in [-0.05, 0) is 36.3 Å². The van der Waals surface area contributed by atoms with Crippen molar-refractivity contribution in [3.05, 3.63) is 66.0 Å². The van der Waals surface area contributed by atoms with Gasteiger partial charge in [0.25, 0.3) is 0 Å². The molecule has 0 unspecified atom stereocenters. The van der Waals surface area contributed by atoms with E-state index >= 15 is 0 Å². The van der Waals surface area contributed by atoms with Crippen molar-refractivity contribution >= 4 is 23.0 Å². The first kappa shape index (κ1) is 14.5. The number of thiocarbonyl (C=S) groups is 1. The van der Waals surface area contributed by atoms with Gasteiger partial charge in [-0.25, -0.2) is 4.39 Å². The van der Waals surface area contributed by atoms with E-state index in [2.05, 4.69) is 17.6 Å². The molecule has 2 N–H and O–H groups in total. The van der Waals surface area contributed by atoms with Crippen LogP contribution in [0.2, 0.25) is 0 Å². The molecular formula is C16H17FN2S. The molecule has 0 aliphatic heterocycles. The van der Waals surface area contributed by atoms with E-state index in [1.165, 1.54) is 6.07 Å². The minimum atomic E-state index is -0.315. The Hall–Kier alpha value is -1.94. The third kappa shape index (κ3) is 3.78. The maximum absolute atomic E-state index is 13.5. The smallest absolute Gasteiger partial charge is 0.171 e. The van der Waals surface area contributed by atoms with Gasteiger partial charge < -0.3 is 10.6 Å². The fourth-order valence-electron chi connectivity index (χ4n) is 1.99. The van der Waals surface area contributed by atoms with Crippen LogP contribution in [0, 0.1) is 5.82 Å². The van der Waals surface area contributed by atoms with Gasteiger partial charge in [-0.1, -0.05) is 49.4 Å². The van der Waals surface area contributed by atoms with Crippen LogP contribution in [-0.2, 0) is 0 Å². The number of anilines is 1. The van der Waals surface area contributed by atoms with Gasteiger partial charge in [-0.15, -0.1) is 0 Å². The zero-order chi connectivity index (χ0) is 14.4. The summed E-state index contributed by atoms with van der Waals surface area (Å²) in [5.74, 6) is -0.315. The lowest BCUT2D eigenvalue weighted by atomic mass is 10.1. The Balaban J connectivity index is 2.02. The highest BCUT2D eigenvalue weighted by molar-refractivity contribution is 7.80. The fraction of sp³-hybridized carbons (Fsp3) is 0.188. The Morgan fingerprint density at radius 1 is 1.10 bits per heavy atom. The normalized spacial score (nSPS) is 11.7. The first-order valence-corrected chi connectivity index (χ1v) is 6.98. The van der Waals surface area contributed by atoms with E-state index in [1.54, 1.807) is 18.2 Å². The first-order valence-electron chi connectivity index (χ1n) is 6.57. The summed E-state index contributed by atoms with van der Waals surface area (Å²) in [7, 11) is 0. The molecule has 2 aromatic rings. The maximum Gasteiger partial charge on any atom is 0.171 e. The lowest BCUT2D eigenvalue weighted by Crippen LogP contribution is -2.32. The monoisotopic (exact) mass is 288 g/mol. The van der Waals surface area contributed by atoms with E-state index < -0.39 is 0 Å². The predicted molar refractivity (Wildman–Crippen MR) is 85.2 cm³/mol. The summed E-state index contributed by atoms with van der Waals surface area (Å²) < 4.78 is 13.5. The molecule has 2 rings (SSSR count). The molecule has 0 aromatic heterocycles. The van der Waals surface area contributed by atoms with E-state index in [9.17, 15) is 4.39 Å². The van der Waals surface area contributed by atoms with Gasteiger partial charge in [0.1, 0.15) is 5.82 Å². The van der Waals surface area contributed by atoms with Crippen molar-refractivity contribution in [2.24, 2.45) is 0 Å². The molecule has 20 heavy (non-hydrogen) atoms. The predicted octanol–water partition coefficient (Wildman–Crippen LogP) is 4.26. The summed E-state index contributed by atoms with van der Waals surface area (Å²) in [6.45, 7) is 2.08. The Labute approximate surface area is 124 Å². The molecule has 104 valence electrons. The molecule has 0 heterocycles. The molecule has 0 bridgehead atoms. The van der Waals surface area contributed by atoms with Gasteiger partial charge in [-0.3, -0.25) is 0 Å². The Morgan fingerprint density at radius 3 is 2.40 bits per heavy atom. The van der Waals surface area contributed by atoms with Crippen molar-refractivity contribution in [3.8, 4) is 0 Å². The highest BCUT2D eigenvalue weighted by Crippen LogP contribution is 2.17. The second-order valence-electron chi connectivity index (χ2n) is 4.45. The quantitative estimate of drug-likeness (QED) is 0.822. The van der Waals surface area contributed by atoms with Crippen LogP contribution in [0.25, 0.3) is 0 Å². The molecule has 2 aromatic carbocycles. The van der Waals surface area contributed by atoms with Crippen molar-refractivity contribution in [2.75, 3.05) is 5.32 Å². The Kier molecular flexibility index (Phi) is 5.07. The van der Waals surface area contributed by atoms with Crippen molar-refractivity contribution in [1.82, 2.24) is 5.32 Å². The van der Waals surface area contributed by atoms with E-state index in [-0.39, 0.29) is 11.9 Å². The molecule has 4 heteroatoms. The highest BCUT2D eigenvalue weighted by Gasteiger charge is 2.11. The van der Waals surface area contributed by atoms with Crippen molar-refractivity contribution in [3.63, 3.8) is 0 Å². The summed E-state index contributed by atoms with van der Waals surface area (Å²) in [4.78, 5) is 0. The minimum Gasteiger partial charge on any atom is -0.356 e. The molecule has 0 aliphatic rings. The summed E-state index contributed by atoms with van der Waals surface area (Å²) in [6, 6.07) is 16.7. The molecule has 0 aliphatic carbocycles. The molecule has 0 radical (unpaired) electrons. The van der Waals surface area contributed by atoms with E-state index in [4.69, 9.17) is 12.2 Å². The van der Waals surface area contributed by atoms with Crippen molar-refractivity contribution in [2.45, 2.75) is 19.4 Å². The van der Waals surface area contributed by atoms with E-state index in [1.807, 2.05) is 30.3 Å². The van der Waals surface area contributed by atoms with Crippen LogP contribution in [0.3, 0.4) is 0 Å². The van der Waals surface area contributed by atoms with Gasteiger partial charge in [0.05, 0.1) is 11.7 Å².